The first-order valence-electron chi connectivity index (χ1n) is 8.64. The van der Waals surface area contributed by atoms with E-state index in [4.69, 9.17) is 9.47 Å². The lowest BCUT2D eigenvalue weighted by atomic mass is 10.1. The molecule has 2 N–H and O–H groups in total. The summed E-state index contributed by atoms with van der Waals surface area (Å²) in [6.45, 7) is 11.1. The molecule has 0 bridgehead atoms. The number of carbonyl (C=O) groups is 2. The molecule has 1 atom stereocenters. The number of esters is 1. The van der Waals surface area contributed by atoms with Crippen molar-refractivity contribution in [2.75, 3.05) is 26.2 Å². The van der Waals surface area contributed by atoms with Gasteiger partial charge in [0.15, 0.2) is 6.10 Å². The van der Waals surface area contributed by atoms with Gasteiger partial charge in [0.2, 0.25) is 0 Å². The van der Waals surface area contributed by atoms with Crippen molar-refractivity contribution in [3.05, 3.63) is 0 Å². The lowest BCUT2D eigenvalue weighted by Gasteiger charge is -2.32. The van der Waals surface area contributed by atoms with Crippen LogP contribution < -0.4 is 5.32 Å². The molecule has 0 unspecified atom stereocenters. The first-order valence-corrected chi connectivity index (χ1v) is 8.64. The fourth-order valence-electron chi connectivity index (χ4n) is 2.33. The molecular formula is C17H32N2O5. The Labute approximate surface area is 144 Å². The second-order valence-electron chi connectivity index (χ2n) is 7.69. The minimum Gasteiger partial charge on any atom is -0.458 e. The summed E-state index contributed by atoms with van der Waals surface area (Å²) in [5.41, 5.74) is -0.611. The number of likely N-dealkylation sites (tertiary alicyclic amines) is 1. The number of aliphatic hydroxyl groups is 1. The lowest BCUT2D eigenvalue weighted by Crippen LogP contribution is -2.48. The van der Waals surface area contributed by atoms with Crippen molar-refractivity contribution in [2.45, 2.75) is 65.2 Å². The Morgan fingerprint density at radius 3 is 2.33 bits per heavy atom. The number of aliphatic hydroxyl groups excluding tert-OH is 1. The van der Waals surface area contributed by atoms with Crippen molar-refractivity contribution in [1.82, 2.24) is 10.2 Å². The molecule has 1 fully saturated rings. The van der Waals surface area contributed by atoms with E-state index >= 15 is 0 Å². The molecule has 24 heavy (non-hydrogen) atoms. The molecular weight excluding hydrogens is 312 g/mol. The Kier molecular flexibility index (Phi) is 7.96. The Morgan fingerprint density at radius 1 is 1.25 bits per heavy atom. The van der Waals surface area contributed by atoms with Gasteiger partial charge in [-0.25, -0.2) is 9.59 Å². The molecule has 0 aromatic heterocycles. The SMILES string of the molecule is CC(C)COC(=O)N1CCC(NC[C@H](O)C(=O)OC(C)(C)C)CC1. The predicted molar refractivity (Wildman–Crippen MR) is 90.6 cm³/mol. The smallest absolute Gasteiger partial charge is 0.409 e. The molecule has 0 aromatic carbocycles. The van der Waals surface area contributed by atoms with Gasteiger partial charge in [-0.3, -0.25) is 0 Å². The maximum absolute atomic E-state index is 11.9. The average molecular weight is 344 g/mol. The van der Waals surface area contributed by atoms with Gasteiger partial charge in [0.25, 0.3) is 0 Å². The van der Waals surface area contributed by atoms with E-state index in [1.54, 1.807) is 25.7 Å². The van der Waals surface area contributed by atoms with Crippen molar-refractivity contribution in [2.24, 2.45) is 5.92 Å². The van der Waals surface area contributed by atoms with Gasteiger partial charge < -0.3 is 24.8 Å². The number of amides is 1. The second-order valence-corrected chi connectivity index (χ2v) is 7.69. The Morgan fingerprint density at radius 2 is 1.83 bits per heavy atom. The topological polar surface area (TPSA) is 88.1 Å². The summed E-state index contributed by atoms with van der Waals surface area (Å²) in [7, 11) is 0. The summed E-state index contributed by atoms with van der Waals surface area (Å²) >= 11 is 0. The molecule has 1 aliphatic rings. The van der Waals surface area contributed by atoms with E-state index in [0.29, 0.717) is 25.6 Å². The van der Waals surface area contributed by atoms with Crippen molar-refractivity contribution in [3.8, 4) is 0 Å². The Bertz CT molecular complexity index is 412. The lowest BCUT2D eigenvalue weighted by molar-refractivity contribution is -0.164. The van der Waals surface area contributed by atoms with Gasteiger partial charge in [-0.15, -0.1) is 0 Å². The van der Waals surface area contributed by atoms with Crippen LogP contribution >= 0.6 is 0 Å². The third-order valence-corrected chi connectivity index (χ3v) is 3.57. The van der Waals surface area contributed by atoms with Crippen LogP contribution in [0.2, 0.25) is 0 Å². The predicted octanol–water partition coefficient (Wildman–Crippen LogP) is 1.54. The van der Waals surface area contributed by atoms with Crippen LogP contribution in [0.25, 0.3) is 0 Å². The van der Waals surface area contributed by atoms with Crippen LogP contribution in [0.3, 0.4) is 0 Å². The maximum atomic E-state index is 11.9. The largest absolute Gasteiger partial charge is 0.458 e. The van der Waals surface area contributed by atoms with Crippen LogP contribution in [-0.4, -0.2) is 66.1 Å². The minimum atomic E-state index is -1.18. The molecule has 140 valence electrons. The molecule has 0 radical (unpaired) electrons. The second kappa shape index (κ2) is 9.22. The van der Waals surface area contributed by atoms with Crippen molar-refractivity contribution in [1.29, 1.82) is 0 Å². The molecule has 1 saturated heterocycles. The summed E-state index contributed by atoms with van der Waals surface area (Å²) in [5.74, 6) is -0.299. The van der Waals surface area contributed by atoms with Crippen LogP contribution in [-0.2, 0) is 14.3 Å². The fraction of sp³-hybridized carbons (Fsp3) is 0.882. The molecule has 0 aliphatic carbocycles. The van der Waals surface area contributed by atoms with E-state index in [-0.39, 0.29) is 18.7 Å². The first-order chi connectivity index (χ1) is 11.1. The van der Waals surface area contributed by atoms with Gasteiger partial charge in [0, 0.05) is 25.7 Å². The van der Waals surface area contributed by atoms with Gasteiger partial charge in [0.1, 0.15) is 5.60 Å². The zero-order valence-electron chi connectivity index (χ0n) is 15.5. The van der Waals surface area contributed by atoms with Gasteiger partial charge in [-0.05, 0) is 39.5 Å². The number of hydrogen-bond donors (Lipinski definition) is 2. The molecule has 7 nitrogen and oxygen atoms in total. The Balaban J connectivity index is 2.26. The fourth-order valence-corrected chi connectivity index (χ4v) is 2.33. The average Bonchev–Trinajstić information content (AvgIpc) is 2.49. The number of rotatable bonds is 6. The minimum absolute atomic E-state index is 0.150. The van der Waals surface area contributed by atoms with E-state index in [9.17, 15) is 14.7 Å². The molecule has 1 aliphatic heterocycles. The van der Waals surface area contributed by atoms with Gasteiger partial charge in [-0.1, -0.05) is 13.8 Å². The van der Waals surface area contributed by atoms with Gasteiger partial charge >= 0.3 is 12.1 Å². The molecule has 1 heterocycles. The van der Waals surface area contributed by atoms with E-state index < -0.39 is 17.7 Å². The number of ether oxygens (including phenoxy) is 2. The monoisotopic (exact) mass is 344 g/mol. The summed E-state index contributed by atoms with van der Waals surface area (Å²) in [6, 6.07) is 0.163. The molecule has 0 saturated carbocycles. The van der Waals surface area contributed by atoms with Crippen LogP contribution in [0.4, 0.5) is 4.79 Å². The molecule has 0 aromatic rings. The molecule has 7 heteroatoms. The van der Waals surface area contributed by atoms with Gasteiger partial charge in [-0.2, -0.15) is 0 Å². The molecule has 1 amide bonds. The highest BCUT2D eigenvalue weighted by Crippen LogP contribution is 2.13. The summed E-state index contributed by atoms with van der Waals surface area (Å²) in [6.07, 6.45) is 0.0736. The van der Waals surface area contributed by atoms with E-state index in [1.165, 1.54) is 0 Å². The number of hydrogen-bond acceptors (Lipinski definition) is 6. The number of nitrogens with one attached hydrogen (secondary N) is 1. The van der Waals surface area contributed by atoms with E-state index in [2.05, 4.69) is 5.32 Å². The highest BCUT2D eigenvalue weighted by atomic mass is 16.6. The third kappa shape index (κ3) is 7.97. The molecule has 0 spiro atoms. The van der Waals surface area contributed by atoms with E-state index in [0.717, 1.165) is 12.8 Å². The zero-order chi connectivity index (χ0) is 18.3. The quantitative estimate of drug-likeness (QED) is 0.711. The summed E-state index contributed by atoms with van der Waals surface area (Å²) in [5, 5.41) is 13.0. The normalized spacial score (nSPS) is 17.7. The first kappa shape index (κ1) is 20.7. The highest BCUT2D eigenvalue weighted by molar-refractivity contribution is 5.75. The highest BCUT2D eigenvalue weighted by Gasteiger charge is 2.27. The van der Waals surface area contributed by atoms with Crippen LogP contribution in [0.1, 0.15) is 47.5 Å². The summed E-state index contributed by atoms with van der Waals surface area (Å²) < 4.78 is 10.4. The number of piperidine rings is 1. The maximum Gasteiger partial charge on any atom is 0.409 e. The van der Waals surface area contributed by atoms with Crippen molar-refractivity contribution < 1.29 is 24.2 Å². The van der Waals surface area contributed by atoms with Crippen LogP contribution in [0, 0.1) is 5.92 Å². The molecule has 1 rings (SSSR count). The number of carbonyl (C=O) groups excluding carboxylic acids is 2. The van der Waals surface area contributed by atoms with Crippen molar-refractivity contribution >= 4 is 12.1 Å². The van der Waals surface area contributed by atoms with Crippen LogP contribution in [0.5, 0.6) is 0 Å². The van der Waals surface area contributed by atoms with Gasteiger partial charge in [0.05, 0.1) is 6.61 Å². The van der Waals surface area contributed by atoms with Crippen LogP contribution in [0.15, 0.2) is 0 Å². The number of nitrogens with zero attached hydrogens (tertiary/aromatic N) is 1. The Hall–Kier alpha value is -1.34. The third-order valence-electron chi connectivity index (χ3n) is 3.57. The zero-order valence-corrected chi connectivity index (χ0v) is 15.5. The summed E-state index contributed by atoms with van der Waals surface area (Å²) in [4.78, 5) is 25.3. The van der Waals surface area contributed by atoms with E-state index in [1.807, 2.05) is 13.8 Å². The standard InChI is InChI=1S/C17H32N2O5/c1-12(2)11-23-16(22)19-8-6-13(7-9-19)18-10-14(20)15(21)24-17(3,4)5/h12-14,18,20H,6-11H2,1-5H3/t14-/m0/s1. The van der Waals surface area contributed by atoms with Crippen molar-refractivity contribution in [3.63, 3.8) is 0 Å².